The molecule has 0 unspecified atom stereocenters. The van der Waals surface area contributed by atoms with Crippen LogP contribution in [0.15, 0.2) is 36.5 Å². The normalized spacial score (nSPS) is 13.6. The molecule has 1 aliphatic carbocycles. The van der Waals surface area contributed by atoms with E-state index in [-0.39, 0.29) is 34.5 Å². The van der Waals surface area contributed by atoms with Gasteiger partial charge in [-0.3, -0.25) is 14.3 Å². The average molecular weight is 541 g/mol. The number of hydrogen-bond donors (Lipinski definition) is 3. The van der Waals surface area contributed by atoms with Gasteiger partial charge in [0.1, 0.15) is 0 Å². The minimum absolute atomic E-state index is 0.187. The number of benzene rings is 2. The Morgan fingerprint density at radius 2 is 1.76 bits per heavy atom. The fraction of sp³-hybridized carbons (Fsp3) is 0.385. The number of methoxy groups -OCH3 is 1. The van der Waals surface area contributed by atoms with Crippen molar-refractivity contribution in [1.82, 2.24) is 20.3 Å². The molecule has 11 nitrogen and oxygen atoms in total. The van der Waals surface area contributed by atoms with Gasteiger partial charge in [-0.1, -0.05) is 32.1 Å². The number of ether oxygens (including phenoxy) is 1. The van der Waals surface area contributed by atoms with E-state index in [0.29, 0.717) is 16.9 Å². The van der Waals surface area contributed by atoms with Crippen LogP contribution >= 0.6 is 0 Å². The number of hydrogen-bond acceptors (Lipinski definition) is 7. The van der Waals surface area contributed by atoms with E-state index < -0.39 is 15.9 Å². The highest BCUT2D eigenvalue weighted by molar-refractivity contribution is 7.92. The molecule has 202 valence electrons. The van der Waals surface area contributed by atoms with Crippen molar-refractivity contribution >= 4 is 33.2 Å². The molecule has 1 aromatic heterocycles. The van der Waals surface area contributed by atoms with Crippen molar-refractivity contribution in [2.45, 2.75) is 52.0 Å². The highest BCUT2D eigenvalue weighted by Crippen LogP contribution is 2.39. The summed E-state index contributed by atoms with van der Waals surface area (Å²) < 4.78 is 33.4. The summed E-state index contributed by atoms with van der Waals surface area (Å²) in [4.78, 5) is 25.7. The Morgan fingerprint density at radius 1 is 1.08 bits per heavy atom. The van der Waals surface area contributed by atoms with Crippen molar-refractivity contribution in [3.05, 3.63) is 58.9 Å². The zero-order valence-electron chi connectivity index (χ0n) is 22.2. The van der Waals surface area contributed by atoms with Crippen LogP contribution in [0, 0.1) is 6.92 Å². The molecular weight excluding hydrogens is 508 g/mol. The highest BCUT2D eigenvalue weighted by atomic mass is 32.2. The Labute approximate surface area is 222 Å². The van der Waals surface area contributed by atoms with E-state index in [4.69, 9.17) is 4.74 Å². The predicted molar refractivity (Wildman–Crippen MR) is 145 cm³/mol. The summed E-state index contributed by atoms with van der Waals surface area (Å²) in [6.07, 6.45) is 4.50. The smallest absolute Gasteiger partial charge is 0.273 e. The molecule has 38 heavy (non-hydrogen) atoms. The molecule has 0 radical (unpaired) electrons. The van der Waals surface area contributed by atoms with E-state index in [1.165, 1.54) is 18.0 Å². The minimum atomic E-state index is -3.60. The summed E-state index contributed by atoms with van der Waals surface area (Å²) >= 11 is 0. The summed E-state index contributed by atoms with van der Waals surface area (Å²) in [7, 11) is -2.20. The first-order valence-electron chi connectivity index (χ1n) is 12.1. The maximum atomic E-state index is 13.4. The largest absolute Gasteiger partial charge is 0.492 e. The van der Waals surface area contributed by atoms with Crippen LogP contribution in [0.5, 0.6) is 5.75 Å². The van der Waals surface area contributed by atoms with Crippen LogP contribution < -0.4 is 20.1 Å². The Morgan fingerprint density at radius 3 is 2.37 bits per heavy atom. The third-order valence-electron chi connectivity index (χ3n) is 6.06. The first kappa shape index (κ1) is 27.1. The van der Waals surface area contributed by atoms with Gasteiger partial charge in [0.15, 0.2) is 11.4 Å². The van der Waals surface area contributed by atoms with Crippen molar-refractivity contribution in [3.63, 3.8) is 0 Å². The Bertz CT molecular complexity index is 1500. The molecule has 0 bridgehead atoms. The van der Waals surface area contributed by atoms with Crippen molar-refractivity contribution in [3.8, 4) is 11.4 Å². The number of aromatic nitrogens is 3. The number of carbonyl (C=O) groups is 2. The van der Waals surface area contributed by atoms with E-state index >= 15 is 0 Å². The van der Waals surface area contributed by atoms with Crippen molar-refractivity contribution in [2.24, 2.45) is 0 Å². The summed E-state index contributed by atoms with van der Waals surface area (Å²) in [5.41, 5.74) is 2.93. The Hall–Kier alpha value is -3.93. The number of rotatable bonds is 8. The van der Waals surface area contributed by atoms with Crippen molar-refractivity contribution < 1.29 is 22.7 Å². The lowest BCUT2D eigenvalue weighted by atomic mass is 9.86. The predicted octanol–water partition coefficient (Wildman–Crippen LogP) is 3.40. The molecule has 2 aromatic carbocycles. The number of carbonyl (C=O) groups excluding carboxylic acids is 2. The summed E-state index contributed by atoms with van der Waals surface area (Å²) in [6, 6.07) is 8.75. The van der Waals surface area contributed by atoms with Gasteiger partial charge in [0, 0.05) is 11.6 Å². The second-order valence-corrected chi connectivity index (χ2v) is 12.2. The molecule has 4 rings (SSSR count). The fourth-order valence-electron chi connectivity index (χ4n) is 3.81. The van der Waals surface area contributed by atoms with Gasteiger partial charge in [-0.05, 0) is 60.6 Å². The standard InChI is InChI=1S/C26H32N6O5S/c1-15-7-8-16(11-22(15)32-14-21(29-31-32)25(34)27-18-9-10-18)24(33)28-19-12-17(26(2,3)4)13-20(23(19)37-5)30-38(6,35)36/h7-8,11-14,18,30H,9-10H2,1-6H3,(H,27,34)(H,28,33). The molecule has 0 saturated heterocycles. The molecule has 12 heteroatoms. The van der Waals surface area contributed by atoms with E-state index in [1.807, 2.05) is 27.7 Å². The van der Waals surface area contributed by atoms with Gasteiger partial charge >= 0.3 is 0 Å². The lowest BCUT2D eigenvalue weighted by molar-refractivity contribution is 0.0945. The van der Waals surface area contributed by atoms with Crippen LogP contribution in [0.4, 0.5) is 11.4 Å². The average Bonchev–Trinajstić information content (AvgIpc) is 3.49. The third kappa shape index (κ3) is 6.31. The van der Waals surface area contributed by atoms with Gasteiger partial charge in [-0.25, -0.2) is 13.1 Å². The van der Waals surface area contributed by atoms with Gasteiger partial charge in [-0.15, -0.1) is 5.10 Å². The zero-order chi connectivity index (χ0) is 27.8. The minimum Gasteiger partial charge on any atom is -0.492 e. The lowest BCUT2D eigenvalue weighted by Crippen LogP contribution is -2.25. The van der Waals surface area contributed by atoms with Gasteiger partial charge in [-0.2, -0.15) is 0 Å². The quantitative estimate of drug-likeness (QED) is 0.397. The van der Waals surface area contributed by atoms with E-state index in [2.05, 4.69) is 25.7 Å². The second kappa shape index (κ2) is 10.1. The van der Waals surface area contributed by atoms with E-state index in [1.54, 1.807) is 30.3 Å². The Kier molecular flexibility index (Phi) is 7.20. The maximum Gasteiger partial charge on any atom is 0.273 e. The molecule has 1 fully saturated rings. The molecule has 3 N–H and O–H groups in total. The SMILES string of the molecule is COc1c(NC(=O)c2ccc(C)c(-n3cc(C(=O)NC4CC4)nn3)c2)cc(C(C)(C)C)cc1NS(C)(=O)=O. The number of nitrogens with one attached hydrogen (secondary N) is 3. The van der Waals surface area contributed by atoms with Gasteiger partial charge in [0.05, 0.1) is 36.6 Å². The molecule has 3 aromatic rings. The van der Waals surface area contributed by atoms with E-state index in [0.717, 1.165) is 30.2 Å². The molecule has 0 spiro atoms. The van der Waals surface area contributed by atoms with E-state index in [9.17, 15) is 18.0 Å². The van der Waals surface area contributed by atoms with Crippen LogP contribution in [0.1, 0.15) is 65.6 Å². The summed E-state index contributed by atoms with van der Waals surface area (Å²) in [6.45, 7) is 7.80. The first-order valence-corrected chi connectivity index (χ1v) is 14.0. The molecule has 1 saturated carbocycles. The number of sulfonamides is 1. The van der Waals surface area contributed by atoms with Crippen molar-refractivity contribution in [2.75, 3.05) is 23.4 Å². The molecule has 1 aliphatic rings. The number of nitrogens with zero attached hydrogens (tertiary/aromatic N) is 3. The van der Waals surface area contributed by atoms with Crippen molar-refractivity contribution in [1.29, 1.82) is 0 Å². The van der Waals surface area contributed by atoms with Crippen LogP contribution in [0.25, 0.3) is 5.69 Å². The molecular formula is C26H32N6O5S. The highest BCUT2D eigenvalue weighted by Gasteiger charge is 2.26. The van der Waals surface area contributed by atoms with Crippen LogP contribution in [0.2, 0.25) is 0 Å². The van der Waals surface area contributed by atoms with Gasteiger partial charge in [0.25, 0.3) is 11.8 Å². The lowest BCUT2D eigenvalue weighted by Gasteiger charge is -2.24. The third-order valence-corrected chi connectivity index (χ3v) is 6.65. The number of aryl methyl sites for hydroxylation is 1. The Balaban J connectivity index is 1.66. The fourth-order valence-corrected chi connectivity index (χ4v) is 4.37. The van der Waals surface area contributed by atoms with Crippen LogP contribution in [0.3, 0.4) is 0 Å². The van der Waals surface area contributed by atoms with Crippen LogP contribution in [-0.4, -0.2) is 54.6 Å². The number of amides is 2. The van der Waals surface area contributed by atoms with Gasteiger partial charge < -0.3 is 15.4 Å². The molecule has 1 heterocycles. The topological polar surface area (TPSA) is 144 Å². The second-order valence-electron chi connectivity index (χ2n) is 10.5. The molecule has 0 aliphatic heterocycles. The first-order chi connectivity index (χ1) is 17.7. The van der Waals surface area contributed by atoms with Gasteiger partial charge in [0.2, 0.25) is 10.0 Å². The maximum absolute atomic E-state index is 13.4. The zero-order valence-corrected chi connectivity index (χ0v) is 23.1. The monoisotopic (exact) mass is 540 g/mol. The molecule has 2 amide bonds. The van der Waals surface area contributed by atoms with Crippen LogP contribution in [-0.2, 0) is 15.4 Å². The summed E-state index contributed by atoms with van der Waals surface area (Å²) in [5.74, 6) is -0.533. The summed E-state index contributed by atoms with van der Waals surface area (Å²) in [5, 5.41) is 13.8. The number of anilines is 2. The molecule has 0 atom stereocenters.